The SMILES string of the molecule is OCc1ccnc(OCC2CC2)c1F. The van der Waals surface area contributed by atoms with Crippen LogP contribution in [0.15, 0.2) is 12.3 Å². The van der Waals surface area contributed by atoms with Crippen LogP contribution < -0.4 is 4.74 Å². The lowest BCUT2D eigenvalue weighted by molar-refractivity contribution is 0.255. The molecule has 14 heavy (non-hydrogen) atoms. The predicted octanol–water partition coefficient (Wildman–Crippen LogP) is 1.50. The molecule has 76 valence electrons. The smallest absolute Gasteiger partial charge is 0.250 e. The molecule has 1 aliphatic carbocycles. The van der Waals surface area contributed by atoms with Crippen molar-refractivity contribution in [1.29, 1.82) is 0 Å². The topological polar surface area (TPSA) is 42.4 Å². The number of hydrogen-bond acceptors (Lipinski definition) is 3. The number of nitrogens with zero attached hydrogens (tertiary/aromatic N) is 1. The summed E-state index contributed by atoms with van der Waals surface area (Å²) in [6.07, 6.45) is 3.75. The van der Waals surface area contributed by atoms with Crippen LogP contribution >= 0.6 is 0 Å². The minimum atomic E-state index is -0.546. The fourth-order valence-electron chi connectivity index (χ4n) is 1.17. The van der Waals surface area contributed by atoms with Gasteiger partial charge in [0.1, 0.15) is 0 Å². The number of aliphatic hydroxyl groups is 1. The van der Waals surface area contributed by atoms with Gasteiger partial charge in [-0.25, -0.2) is 9.37 Å². The number of aliphatic hydroxyl groups excluding tert-OH is 1. The van der Waals surface area contributed by atoms with E-state index in [1.165, 1.54) is 12.3 Å². The Kier molecular flexibility index (Phi) is 2.63. The molecule has 0 aliphatic heterocycles. The van der Waals surface area contributed by atoms with E-state index in [0.717, 1.165) is 12.8 Å². The molecule has 0 saturated heterocycles. The summed E-state index contributed by atoms with van der Waals surface area (Å²) in [4.78, 5) is 3.78. The summed E-state index contributed by atoms with van der Waals surface area (Å²) in [5.41, 5.74) is 0.228. The molecule has 1 aliphatic rings. The highest BCUT2D eigenvalue weighted by Crippen LogP contribution is 2.29. The summed E-state index contributed by atoms with van der Waals surface area (Å²) < 4.78 is 18.6. The van der Waals surface area contributed by atoms with E-state index in [2.05, 4.69) is 4.98 Å². The van der Waals surface area contributed by atoms with E-state index >= 15 is 0 Å². The maximum atomic E-state index is 13.4. The summed E-state index contributed by atoms with van der Waals surface area (Å²) in [5, 5.41) is 8.81. The largest absolute Gasteiger partial charge is 0.475 e. The highest BCUT2D eigenvalue weighted by atomic mass is 19.1. The predicted molar refractivity (Wildman–Crippen MR) is 48.3 cm³/mol. The molecule has 0 amide bonds. The Bertz CT molecular complexity index is 326. The van der Waals surface area contributed by atoms with Crippen molar-refractivity contribution in [3.05, 3.63) is 23.6 Å². The second-order valence-corrected chi connectivity index (χ2v) is 3.50. The molecule has 0 unspecified atom stereocenters. The minimum absolute atomic E-state index is 0.00319. The molecule has 1 fully saturated rings. The fourth-order valence-corrected chi connectivity index (χ4v) is 1.17. The van der Waals surface area contributed by atoms with Gasteiger partial charge in [0.05, 0.1) is 13.2 Å². The van der Waals surface area contributed by atoms with Crippen LogP contribution in [0.25, 0.3) is 0 Å². The lowest BCUT2D eigenvalue weighted by Crippen LogP contribution is -2.04. The number of rotatable bonds is 4. The average Bonchev–Trinajstić information content (AvgIpc) is 3.00. The van der Waals surface area contributed by atoms with Crippen LogP contribution in [0.1, 0.15) is 18.4 Å². The van der Waals surface area contributed by atoms with Gasteiger partial charge < -0.3 is 9.84 Å². The van der Waals surface area contributed by atoms with E-state index in [1.54, 1.807) is 0 Å². The first-order valence-electron chi connectivity index (χ1n) is 4.68. The Balaban J connectivity index is 2.06. The Labute approximate surface area is 81.5 Å². The molecule has 0 atom stereocenters. The van der Waals surface area contributed by atoms with E-state index in [4.69, 9.17) is 9.84 Å². The van der Waals surface area contributed by atoms with Gasteiger partial charge in [-0.1, -0.05) is 0 Å². The van der Waals surface area contributed by atoms with Crippen LogP contribution in [0.5, 0.6) is 5.88 Å². The van der Waals surface area contributed by atoms with Crippen molar-refractivity contribution in [2.45, 2.75) is 19.4 Å². The van der Waals surface area contributed by atoms with Crippen molar-refractivity contribution in [3.8, 4) is 5.88 Å². The Morgan fingerprint density at radius 1 is 1.57 bits per heavy atom. The van der Waals surface area contributed by atoms with Gasteiger partial charge in [0.2, 0.25) is 0 Å². The molecule has 1 aromatic heterocycles. The third-order valence-corrected chi connectivity index (χ3v) is 2.26. The normalized spacial score (nSPS) is 15.6. The first-order chi connectivity index (χ1) is 6.81. The van der Waals surface area contributed by atoms with Gasteiger partial charge in [-0.15, -0.1) is 0 Å². The van der Waals surface area contributed by atoms with Crippen molar-refractivity contribution >= 4 is 0 Å². The molecule has 1 N–H and O–H groups in total. The minimum Gasteiger partial charge on any atom is -0.475 e. The van der Waals surface area contributed by atoms with E-state index in [1.807, 2.05) is 0 Å². The van der Waals surface area contributed by atoms with E-state index in [-0.39, 0.29) is 18.1 Å². The summed E-state index contributed by atoms with van der Waals surface area (Å²) in [5.74, 6) is 0.0214. The summed E-state index contributed by atoms with van der Waals surface area (Å²) in [6, 6.07) is 1.44. The van der Waals surface area contributed by atoms with Gasteiger partial charge in [0.25, 0.3) is 5.88 Å². The van der Waals surface area contributed by atoms with E-state index < -0.39 is 5.82 Å². The molecule has 0 bridgehead atoms. The number of ether oxygens (including phenoxy) is 1. The van der Waals surface area contributed by atoms with Gasteiger partial charge in [-0.2, -0.15) is 0 Å². The molecule has 1 saturated carbocycles. The van der Waals surface area contributed by atoms with Crippen molar-refractivity contribution in [1.82, 2.24) is 4.98 Å². The molecular weight excluding hydrogens is 185 g/mol. The second kappa shape index (κ2) is 3.92. The lowest BCUT2D eigenvalue weighted by Gasteiger charge is -2.06. The number of pyridine rings is 1. The second-order valence-electron chi connectivity index (χ2n) is 3.50. The first-order valence-corrected chi connectivity index (χ1v) is 4.68. The van der Waals surface area contributed by atoms with Crippen LogP contribution in [0.3, 0.4) is 0 Å². The molecule has 3 nitrogen and oxygen atoms in total. The summed E-state index contributed by atoms with van der Waals surface area (Å²) in [7, 11) is 0. The molecular formula is C10H12FNO2. The maximum absolute atomic E-state index is 13.4. The standard InChI is InChI=1S/C10H12FNO2/c11-9-8(5-13)3-4-12-10(9)14-6-7-1-2-7/h3-4,7,13H,1-2,5-6H2. The molecule has 2 rings (SSSR count). The first kappa shape index (κ1) is 9.40. The van der Waals surface area contributed by atoms with Crippen LogP contribution in [-0.4, -0.2) is 16.7 Å². The van der Waals surface area contributed by atoms with Crippen LogP contribution in [0.2, 0.25) is 0 Å². The van der Waals surface area contributed by atoms with E-state index in [0.29, 0.717) is 12.5 Å². The number of hydrogen-bond donors (Lipinski definition) is 1. The van der Waals surface area contributed by atoms with Crippen molar-refractivity contribution in [3.63, 3.8) is 0 Å². The summed E-state index contributed by atoms with van der Waals surface area (Å²) >= 11 is 0. The van der Waals surface area contributed by atoms with Gasteiger partial charge in [0, 0.05) is 11.8 Å². The Morgan fingerprint density at radius 2 is 2.36 bits per heavy atom. The van der Waals surface area contributed by atoms with E-state index in [9.17, 15) is 4.39 Å². The lowest BCUT2D eigenvalue weighted by atomic mass is 10.3. The summed E-state index contributed by atoms with van der Waals surface area (Å²) in [6.45, 7) is 0.201. The highest BCUT2D eigenvalue weighted by molar-refractivity contribution is 5.22. The highest BCUT2D eigenvalue weighted by Gasteiger charge is 2.23. The van der Waals surface area contributed by atoms with Crippen LogP contribution in [-0.2, 0) is 6.61 Å². The molecule has 1 heterocycles. The van der Waals surface area contributed by atoms with Crippen molar-refractivity contribution < 1.29 is 14.2 Å². The zero-order valence-corrected chi connectivity index (χ0v) is 7.74. The molecule has 4 heteroatoms. The number of aromatic nitrogens is 1. The van der Waals surface area contributed by atoms with Gasteiger partial charge >= 0.3 is 0 Å². The van der Waals surface area contributed by atoms with Crippen molar-refractivity contribution in [2.75, 3.05) is 6.61 Å². The van der Waals surface area contributed by atoms with Gasteiger partial charge in [0.15, 0.2) is 5.82 Å². The molecule has 0 spiro atoms. The quantitative estimate of drug-likeness (QED) is 0.795. The zero-order valence-electron chi connectivity index (χ0n) is 7.74. The van der Waals surface area contributed by atoms with Crippen LogP contribution in [0, 0.1) is 11.7 Å². The zero-order chi connectivity index (χ0) is 9.97. The maximum Gasteiger partial charge on any atom is 0.250 e. The molecule has 0 radical (unpaired) electrons. The molecule has 0 aromatic carbocycles. The Hall–Kier alpha value is -1.16. The van der Waals surface area contributed by atoms with Crippen molar-refractivity contribution in [2.24, 2.45) is 5.92 Å². The van der Waals surface area contributed by atoms with Gasteiger partial charge in [-0.3, -0.25) is 0 Å². The average molecular weight is 197 g/mol. The van der Waals surface area contributed by atoms with Gasteiger partial charge in [-0.05, 0) is 24.8 Å². The third kappa shape index (κ3) is 2.01. The molecule has 1 aromatic rings. The van der Waals surface area contributed by atoms with Crippen LogP contribution in [0.4, 0.5) is 4.39 Å². The third-order valence-electron chi connectivity index (χ3n) is 2.26. The monoisotopic (exact) mass is 197 g/mol. The fraction of sp³-hybridized carbons (Fsp3) is 0.500. The number of halogens is 1. The Morgan fingerprint density at radius 3 is 3.00 bits per heavy atom.